The molecule has 0 saturated carbocycles. The third kappa shape index (κ3) is 2.46. The van der Waals surface area contributed by atoms with Gasteiger partial charge < -0.3 is 10.1 Å². The smallest absolute Gasteiger partial charge is 0.141 e. The summed E-state index contributed by atoms with van der Waals surface area (Å²) in [6, 6.07) is 6.84. The zero-order valence-electron chi connectivity index (χ0n) is 10.1. The standard InChI is InChI=1S/C13H19NOS/c1-9-4-5-13(15-3)12(8-9)14-11-6-7-16-10(11)2/h4-5,8,10-11,14H,6-7H2,1-3H3. The van der Waals surface area contributed by atoms with E-state index in [-0.39, 0.29) is 0 Å². The predicted molar refractivity (Wildman–Crippen MR) is 71.7 cm³/mol. The molecule has 2 nitrogen and oxygen atoms in total. The minimum atomic E-state index is 0.570. The first-order chi connectivity index (χ1) is 7.70. The van der Waals surface area contributed by atoms with Crippen LogP contribution >= 0.6 is 11.8 Å². The minimum Gasteiger partial charge on any atom is -0.495 e. The summed E-state index contributed by atoms with van der Waals surface area (Å²) in [5, 5.41) is 4.29. The van der Waals surface area contributed by atoms with Crippen LogP contribution in [0.5, 0.6) is 5.75 Å². The number of aryl methyl sites for hydroxylation is 1. The maximum atomic E-state index is 5.38. The molecular formula is C13H19NOS. The van der Waals surface area contributed by atoms with Gasteiger partial charge in [0, 0.05) is 11.3 Å². The Kier molecular flexibility index (Phi) is 3.64. The maximum Gasteiger partial charge on any atom is 0.141 e. The van der Waals surface area contributed by atoms with Crippen LogP contribution in [0, 0.1) is 6.92 Å². The van der Waals surface area contributed by atoms with Gasteiger partial charge in [-0.3, -0.25) is 0 Å². The van der Waals surface area contributed by atoms with Crippen molar-refractivity contribution in [1.29, 1.82) is 0 Å². The van der Waals surface area contributed by atoms with Crippen molar-refractivity contribution in [2.24, 2.45) is 0 Å². The van der Waals surface area contributed by atoms with Gasteiger partial charge in [-0.05, 0) is 36.8 Å². The fraction of sp³-hybridized carbons (Fsp3) is 0.538. The molecule has 88 valence electrons. The monoisotopic (exact) mass is 237 g/mol. The largest absolute Gasteiger partial charge is 0.495 e. The van der Waals surface area contributed by atoms with Crippen molar-refractivity contribution in [3.05, 3.63) is 23.8 Å². The van der Waals surface area contributed by atoms with Crippen LogP contribution in [0.2, 0.25) is 0 Å². The summed E-state index contributed by atoms with van der Waals surface area (Å²) in [5.74, 6) is 2.20. The molecule has 1 aromatic carbocycles. The van der Waals surface area contributed by atoms with Crippen LogP contribution in [0.1, 0.15) is 18.9 Å². The van der Waals surface area contributed by atoms with E-state index in [0.29, 0.717) is 11.3 Å². The Labute approximate surface area is 102 Å². The summed E-state index contributed by atoms with van der Waals surface area (Å²) in [7, 11) is 1.72. The lowest BCUT2D eigenvalue weighted by atomic mass is 10.1. The number of thioether (sulfide) groups is 1. The van der Waals surface area contributed by atoms with Gasteiger partial charge in [0.2, 0.25) is 0 Å². The molecule has 0 aromatic heterocycles. The van der Waals surface area contributed by atoms with Gasteiger partial charge in [0.05, 0.1) is 12.8 Å². The lowest BCUT2D eigenvalue weighted by Crippen LogP contribution is -2.24. The summed E-state index contributed by atoms with van der Waals surface area (Å²) >= 11 is 2.04. The Hall–Kier alpha value is -0.830. The zero-order chi connectivity index (χ0) is 11.5. The molecule has 1 fully saturated rings. The molecule has 16 heavy (non-hydrogen) atoms. The van der Waals surface area contributed by atoms with Crippen LogP contribution < -0.4 is 10.1 Å². The lowest BCUT2D eigenvalue weighted by molar-refractivity contribution is 0.416. The summed E-state index contributed by atoms with van der Waals surface area (Å²) in [5.41, 5.74) is 2.39. The highest BCUT2D eigenvalue weighted by Gasteiger charge is 2.24. The van der Waals surface area contributed by atoms with Crippen LogP contribution in [0.25, 0.3) is 0 Å². The van der Waals surface area contributed by atoms with Crippen LogP contribution in [0.3, 0.4) is 0 Å². The number of hydrogen-bond acceptors (Lipinski definition) is 3. The average molecular weight is 237 g/mol. The summed E-state index contributed by atoms with van der Waals surface area (Å²) < 4.78 is 5.38. The SMILES string of the molecule is COc1ccc(C)cc1NC1CCSC1C. The second kappa shape index (κ2) is 5.00. The molecule has 1 aliphatic rings. The van der Waals surface area contributed by atoms with Crippen LogP contribution in [0.4, 0.5) is 5.69 Å². The fourth-order valence-corrected chi connectivity index (χ4v) is 3.25. The first kappa shape index (κ1) is 11.6. The summed E-state index contributed by atoms with van der Waals surface area (Å²) in [6.07, 6.45) is 1.24. The van der Waals surface area contributed by atoms with Crippen LogP contribution in [-0.4, -0.2) is 24.2 Å². The summed E-state index contributed by atoms with van der Waals surface area (Å²) in [4.78, 5) is 0. The Morgan fingerprint density at radius 1 is 1.44 bits per heavy atom. The second-order valence-corrected chi connectivity index (χ2v) is 5.80. The molecule has 2 atom stereocenters. The Morgan fingerprint density at radius 2 is 2.25 bits per heavy atom. The predicted octanol–water partition coefficient (Wildman–Crippen LogP) is 3.31. The third-order valence-electron chi connectivity index (χ3n) is 3.07. The van der Waals surface area contributed by atoms with Crippen molar-refractivity contribution in [2.75, 3.05) is 18.2 Å². The van der Waals surface area contributed by atoms with E-state index in [1.807, 2.05) is 17.8 Å². The Morgan fingerprint density at radius 3 is 2.88 bits per heavy atom. The van der Waals surface area contributed by atoms with E-state index in [4.69, 9.17) is 4.74 Å². The molecule has 1 aliphatic heterocycles. The number of benzene rings is 1. The van der Waals surface area contributed by atoms with Crippen molar-refractivity contribution < 1.29 is 4.74 Å². The van der Waals surface area contributed by atoms with Gasteiger partial charge in [0.1, 0.15) is 5.75 Å². The second-order valence-electron chi connectivity index (χ2n) is 4.32. The fourth-order valence-electron chi connectivity index (χ4n) is 2.06. The number of ether oxygens (including phenoxy) is 1. The highest BCUT2D eigenvalue weighted by Crippen LogP contribution is 2.32. The Bertz CT molecular complexity index is 367. The van der Waals surface area contributed by atoms with E-state index in [0.717, 1.165) is 11.4 Å². The van der Waals surface area contributed by atoms with Gasteiger partial charge in [-0.2, -0.15) is 11.8 Å². The van der Waals surface area contributed by atoms with E-state index in [2.05, 4.69) is 31.3 Å². The topological polar surface area (TPSA) is 21.3 Å². The molecule has 1 heterocycles. The van der Waals surface area contributed by atoms with Crippen molar-refractivity contribution in [3.63, 3.8) is 0 Å². The molecule has 0 bridgehead atoms. The quantitative estimate of drug-likeness (QED) is 0.871. The average Bonchev–Trinajstić information content (AvgIpc) is 2.65. The van der Waals surface area contributed by atoms with Crippen molar-refractivity contribution in [3.8, 4) is 5.75 Å². The minimum absolute atomic E-state index is 0.570. The number of rotatable bonds is 3. The molecule has 0 aliphatic carbocycles. The zero-order valence-corrected chi connectivity index (χ0v) is 10.9. The number of nitrogens with one attached hydrogen (secondary N) is 1. The highest BCUT2D eigenvalue weighted by atomic mass is 32.2. The molecule has 2 unspecified atom stereocenters. The normalized spacial score (nSPS) is 24.4. The lowest BCUT2D eigenvalue weighted by Gasteiger charge is -2.20. The molecule has 1 saturated heterocycles. The van der Waals surface area contributed by atoms with Gasteiger partial charge >= 0.3 is 0 Å². The first-order valence-corrected chi connectivity index (χ1v) is 6.78. The van der Waals surface area contributed by atoms with Gasteiger partial charge in [-0.1, -0.05) is 13.0 Å². The van der Waals surface area contributed by atoms with Gasteiger partial charge in [-0.15, -0.1) is 0 Å². The molecule has 2 rings (SSSR count). The number of anilines is 1. The van der Waals surface area contributed by atoms with E-state index in [1.54, 1.807) is 7.11 Å². The van der Waals surface area contributed by atoms with E-state index in [9.17, 15) is 0 Å². The van der Waals surface area contributed by atoms with Crippen molar-refractivity contribution >= 4 is 17.4 Å². The molecule has 3 heteroatoms. The van der Waals surface area contributed by atoms with Crippen LogP contribution in [-0.2, 0) is 0 Å². The van der Waals surface area contributed by atoms with E-state index in [1.165, 1.54) is 17.7 Å². The van der Waals surface area contributed by atoms with Gasteiger partial charge in [0.15, 0.2) is 0 Å². The maximum absolute atomic E-state index is 5.38. The van der Waals surface area contributed by atoms with Crippen molar-refractivity contribution in [2.45, 2.75) is 31.6 Å². The molecule has 0 amide bonds. The van der Waals surface area contributed by atoms with Crippen molar-refractivity contribution in [1.82, 2.24) is 0 Å². The number of hydrogen-bond donors (Lipinski definition) is 1. The molecule has 1 aromatic rings. The summed E-state index contributed by atoms with van der Waals surface area (Å²) in [6.45, 7) is 4.40. The van der Waals surface area contributed by atoms with Gasteiger partial charge in [-0.25, -0.2) is 0 Å². The molecule has 0 spiro atoms. The van der Waals surface area contributed by atoms with E-state index < -0.39 is 0 Å². The Balaban J connectivity index is 2.16. The van der Waals surface area contributed by atoms with Gasteiger partial charge in [0.25, 0.3) is 0 Å². The van der Waals surface area contributed by atoms with Crippen LogP contribution in [0.15, 0.2) is 18.2 Å². The number of methoxy groups -OCH3 is 1. The molecular weight excluding hydrogens is 218 g/mol. The third-order valence-corrected chi connectivity index (χ3v) is 4.40. The molecule has 1 N–H and O–H groups in total. The van der Waals surface area contributed by atoms with E-state index >= 15 is 0 Å². The first-order valence-electron chi connectivity index (χ1n) is 5.73. The highest BCUT2D eigenvalue weighted by molar-refractivity contribution is 8.00. The molecule has 0 radical (unpaired) electrons.